The molecule has 0 bridgehead atoms. The number of aromatic nitrogens is 5. The molecule has 0 saturated carbocycles. The zero-order valence-electron chi connectivity index (χ0n) is 34.1. The maximum absolute atomic E-state index is 6.55. The Morgan fingerprint density at radius 3 is 1.77 bits per heavy atom. The van der Waals surface area contributed by atoms with E-state index in [2.05, 4.69) is 191 Å². The average Bonchev–Trinajstić information content (AvgIpc) is 4.12. The summed E-state index contributed by atoms with van der Waals surface area (Å²) in [7, 11) is 0. The molecule has 5 heterocycles. The number of thiophene rings is 1. The minimum absolute atomic E-state index is 0.555. The van der Waals surface area contributed by atoms with Gasteiger partial charge in [-0.2, -0.15) is 9.97 Å². The minimum atomic E-state index is 0.555. The first-order chi connectivity index (χ1) is 31.7. The zero-order chi connectivity index (χ0) is 41.9. The highest BCUT2D eigenvalue weighted by molar-refractivity contribution is 7.25. The number of rotatable bonds is 5. The summed E-state index contributed by atoms with van der Waals surface area (Å²) in [5.41, 5.74) is 11.2. The molecule has 5 aromatic heterocycles. The molecule has 0 fully saturated rings. The van der Waals surface area contributed by atoms with Crippen LogP contribution in [0.3, 0.4) is 0 Å². The van der Waals surface area contributed by atoms with Crippen molar-refractivity contribution in [1.29, 1.82) is 0 Å². The van der Waals surface area contributed by atoms with Crippen LogP contribution in [-0.4, -0.2) is 24.1 Å². The Bertz CT molecular complexity index is 4200. The van der Waals surface area contributed by atoms with Crippen LogP contribution in [0.1, 0.15) is 0 Å². The highest BCUT2D eigenvalue weighted by Gasteiger charge is 2.25. The van der Waals surface area contributed by atoms with Crippen molar-refractivity contribution >= 4 is 97.1 Å². The molecule has 0 atom stereocenters. The Morgan fingerprint density at radius 2 is 0.984 bits per heavy atom. The molecule has 0 spiro atoms. The van der Waals surface area contributed by atoms with Gasteiger partial charge in [0, 0.05) is 69.3 Å². The van der Waals surface area contributed by atoms with E-state index in [0.29, 0.717) is 17.6 Å². The van der Waals surface area contributed by atoms with Gasteiger partial charge in [-0.05, 0) is 59.7 Å². The van der Waals surface area contributed by atoms with Gasteiger partial charge in [0.25, 0.3) is 0 Å². The molecular weight excluding hydrogens is 803 g/mol. The van der Waals surface area contributed by atoms with Gasteiger partial charge in [0.2, 0.25) is 5.95 Å². The number of para-hydroxylation sites is 2. The summed E-state index contributed by atoms with van der Waals surface area (Å²) in [6.45, 7) is 0. The fourth-order valence-electron chi connectivity index (χ4n) is 10.1. The predicted octanol–water partition coefficient (Wildman–Crippen LogP) is 15.3. The molecule has 14 rings (SSSR count). The molecule has 7 heteroatoms. The second kappa shape index (κ2) is 13.6. The highest BCUT2D eigenvalue weighted by Crippen LogP contribution is 2.44. The molecule has 0 radical (unpaired) electrons. The first kappa shape index (κ1) is 35.2. The Labute approximate surface area is 369 Å². The van der Waals surface area contributed by atoms with E-state index in [0.717, 1.165) is 98.9 Å². The monoisotopic (exact) mass is 835 g/mol. The van der Waals surface area contributed by atoms with E-state index in [1.54, 1.807) is 11.3 Å². The van der Waals surface area contributed by atoms with Crippen molar-refractivity contribution in [2.45, 2.75) is 0 Å². The SMILES string of the molecule is c1ccc(-c2nc(-c3cccc4sc5ccccc5c34)nc(-n3c4ccccc4c4ccc5c6ccccc6n(-c6ccc7oc8cccc(-c9ccccc9)c8c7c6)c5c43)n2)cc1. The summed E-state index contributed by atoms with van der Waals surface area (Å²) in [4.78, 5) is 16.2. The van der Waals surface area contributed by atoms with Gasteiger partial charge in [0.05, 0.1) is 22.1 Å². The number of nitrogens with zero attached hydrogens (tertiary/aromatic N) is 5. The molecule has 0 amide bonds. The van der Waals surface area contributed by atoms with Crippen LogP contribution in [0.2, 0.25) is 0 Å². The van der Waals surface area contributed by atoms with E-state index < -0.39 is 0 Å². The van der Waals surface area contributed by atoms with Gasteiger partial charge in [0.15, 0.2) is 11.6 Å². The Kier molecular flexibility index (Phi) is 7.46. The molecule has 0 aliphatic carbocycles. The summed E-state index contributed by atoms with van der Waals surface area (Å²) in [6, 6.07) is 70.7. The minimum Gasteiger partial charge on any atom is -0.456 e. The zero-order valence-corrected chi connectivity index (χ0v) is 34.9. The van der Waals surface area contributed by atoms with Crippen molar-refractivity contribution in [3.8, 4) is 45.5 Å². The Balaban J connectivity index is 1.11. The van der Waals surface area contributed by atoms with Gasteiger partial charge in [-0.3, -0.25) is 4.57 Å². The molecule has 298 valence electrons. The topological polar surface area (TPSA) is 61.7 Å². The van der Waals surface area contributed by atoms with E-state index in [9.17, 15) is 0 Å². The quantitative estimate of drug-likeness (QED) is 0.173. The van der Waals surface area contributed by atoms with Crippen LogP contribution in [-0.2, 0) is 0 Å². The molecule has 6 nitrogen and oxygen atoms in total. The van der Waals surface area contributed by atoms with Gasteiger partial charge in [-0.25, -0.2) is 4.98 Å². The molecule has 0 aliphatic heterocycles. The third-order valence-electron chi connectivity index (χ3n) is 12.8. The lowest BCUT2D eigenvalue weighted by molar-refractivity contribution is 0.669. The maximum Gasteiger partial charge on any atom is 0.238 e. The lowest BCUT2D eigenvalue weighted by Gasteiger charge is -2.14. The maximum atomic E-state index is 6.55. The van der Waals surface area contributed by atoms with E-state index >= 15 is 0 Å². The van der Waals surface area contributed by atoms with Crippen molar-refractivity contribution in [2.24, 2.45) is 0 Å². The van der Waals surface area contributed by atoms with Crippen LogP contribution < -0.4 is 0 Å². The average molecular weight is 836 g/mol. The Hall–Kier alpha value is -8.39. The molecule has 0 unspecified atom stereocenters. The van der Waals surface area contributed by atoms with Crippen LogP contribution >= 0.6 is 11.3 Å². The first-order valence-electron chi connectivity index (χ1n) is 21.4. The van der Waals surface area contributed by atoms with Crippen molar-refractivity contribution in [2.75, 3.05) is 0 Å². The standard InChI is InChI=1S/C57H33N5OS/c1-3-15-34(16-4-1)37-22-13-26-48-51(37)44-33-36(29-32-47(44)63-48)61-45-24-10-7-19-38(45)40-30-31-41-39-20-8-11-25-46(39)62(54(41)53(40)61)57-59-55(35-17-5-2-6-18-35)58-56(60-57)43-23-14-28-50-52(43)42-21-9-12-27-49(42)64-50/h1-33H. The summed E-state index contributed by atoms with van der Waals surface area (Å²) in [5.74, 6) is 1.80. The molecule has 0 saturated heterocycles. The third-order valence-corrected chi connectivity index (χ3v) is 13.9. The van der Waals surface area contributed by atoms with Gasteiger partial charge in [-0.1, -0.05) is 152 Å². The predicted molar refractivity (Wildman–Crippen MR) is 265 cm³/mol. The molecule has 9 aromatic carbocycles. The molecule has 0 aliphatic rings. The van der Waals surface area contributed by atoms with E-state index in [-0.39, 0.29) is 0 Å². The van der Waals surface area contributed by atoms with Crippen LogP contribution in [0.25, 0.3) is 131 Å². The lowest BCUT2D eigenvalue weighted by Crippen LogP contribution is -2.07. The number of hydrogen-bond acceptors (Lipinski definition) is 5. The van der Waals surface area contributed by atoms with E-state index in [1.807, 2.05) is 18.2 Å². The molecule has 14 aromatic rings. The number of furan rings is 1. The smallest absolute Gasteiger partial charge is 0.238 e. The second-order valence-corrected chi connectivity index (χ2v) is 17.4. The second-order valence-electron chi connectivity index (χ2n) is 16.3. The van der Waals surface area contributed by atoms with Crippen LogP contribution in [0, 0.1) is 0 Å². The first-order valence-corrected chi connectivity index (χ1v) is 22.3. The molecular formula is C57H33N5OS. The fraction of sp³-hybridized carbons (Fsp3) is 0. The van der Waals surface area contributed by atoms with Gasteiger partial charge in [-0.15, -0.1) is 11.3 Å². The number of hydrogen-bond donors (Lipinski definition) is 0. The largest absolute Gasteiger partial charge is 0.456 e. The summed E-state index contributed by atoms with van der Waals surface area (Å²) >= 11 is 1.80. The highest BCUT2D eigenvalue weighted by atomic mass is 32.1. The lowest BCUT2D eigenvalue weighted by atomic mass is 9.99. The van der Waals surface area contributed by atoms with E-state index in [4.69, 9.17) is 19.4 Å². The molecule has 0 N–H and O–H groups in total. The third kappa shape index (κ3) is 5.10. The summed E-state index contributed by atoms with van der Waals surface area (Å²) in [6.07, 6.45) is 0. The normalized spacial score (nSPS) is 12.1. The van der Waals surface area contributed by atoms with E-state index in [1.165, 1.54) is 14.8 Å². The number of benzene rings is 9. The summed E-state index contributed by atoms with van der Waals surface area (Å²) in [5, 5.41) is 9.05. The van der Waals surface area contributed by atoms with Gasteiger partial charge < -0.3 is 8.98 Å². The Morgan fingerprint density at radius 1 is 0.375 bits per heavy atom. The van der Waals surface area contributed by atoms with Crippen LogP contribution in [0.15, 0.2) is 205 Å². The van der Waals surface area contributed by atoms with Gasteiger partial charge >= 0.3 is 0 Å². The van der Waals surface area contributed by atoms with Crippen molar-refractivity contribution < 1.29 is 4.42 Å². The van der Waals surface area contributed by atoms with Gasteiger partial charge in [0.1, 0.15) is 11.2 Å². The van der Waals surface area contributed by atoms with Crippen molar-refractivity contribution in [3.63, 3.8) is 0 Å². The molecule has 64 heavy (non-hydrogen) atoms. The van der Waals surface area contributed by atoms with Crippen molar-refractivity contribution in [3.05, 3.63) is 200 Å². The van der Waals surface area contributed by atoms with Crippen LogP contribution in [0.5, 0.6) is 0 Å². The number of fused-ring (bicyclic) bond motifs is 13. The van der Waals surface area contributed by atoms with Crippen LogP contribution in [0.4, 0.5) is 0 Å². The van der Waals surface area contributed by atoms with Crippen molar-refractivity contribution in [1.82, 2.24) is 24.1 Å². The fourth-order valence-corrected chi connectivity index (χ4v) is 11.2. The summed E-state index contributed by atoms with van der Waals surface area (Å²) < 4.78 is 13.7.